The van der Waals surface area contributed by atoms with E-state index in [-0.39, 0.29) is 24.6 Å². The maximum absolute atomic E-state index is 12.9. The molecule has 1 aromatic heterocycles. The molecule has 1 aromatic carbocycles. The molecular formula is C19H22N4O4. The summed E-state index contributed by atoms with van der Waals surface area (Å²) in [4.78, 5) is 28.1. The molecule has 1 N–H and O–H groups in total. The Morgan fingerprint density at radius 3 is 2.89 bits per heavy atom. The normalized spacial score (nSPS) is 19.1. The van der Waals surface area contributed by atoms with Crippen molar-refractivity contribution >= 4 is 23.3 Å². The fraction of sp³-hybridized carbons (Fsp3) is 0.421. The van der Waals surface area contributed by atoms with Gasteiger partial charge in [0.15, 0.2) is 6.61 Å². The van der Waals surface area contributed by atoms with Crippen LogP contribution in [0.4, 0.5) is 16.2 Å². The van der Waals surface area contributed by atoms with E-state index in [4.69, 9.17) is 9.26 Å². The number of amides is 3. The second kappa shape index (κ2) is 6.61. The van der Waals surface area contributed by atoms with Crippen molar-refractivity contribution in [2.24, 2.45) is 0 Å². The number of aromatic nitrogens is 1. The minimum Gasteiger partial charge on any atom is -0.482 e. The van der Waals surface area contributed by atoms with Gasteiger partial charge in [-0.3, -0.25) is 4.79 Å². The highest BCUT2D eigenvalue weighted by Gasteiger charge is 2.34. The zero-order chi connectivity index (χ0) is 19.1. The van der Waals surface area contributed by atoms with E-state index in [2.05, 4.69) is 10.5 Å². The zero-order valence-corrected chi connectivity index (χ0v) is 15.6. The molecule has 0 saturated carbocycles. The first-order valence-corrected chi connectivity index (χ1v) is 8.99. The van der Waals surface area contributed by atoms with Gasteiger partial charge in [-0.1, -0.05) is 5.16 Å². The molecule has 0 unspecified atom stereocenters. The van der Waals surface area contributed by atoms with Crippen LogP contribution in [0.25, 0.3) is 0 Å². The largest absolute Gasteiger partial charge is 0.482 e. The number of nitrogens with one attached hydrogen (secondary N) is 1. The molecular weight excluding hydrogens is 348 g/mol. The second-order valence-electron chi connectivity index (χ2n) is 6.94. The van der Waals surface area contributed by atoms with Gasteiger partial charge < -0.3 is 24.4 Å². The Labute approximate surface area is 157 Å². The van der Waals surface area contributed by atoms with Gasteiger partial charge in [0.1, 0.15) is 11.5 Å². The van der Waals surface area contributed by atoms with E-state index in [9.17, 15) is 9.59 Å². The third-order valence-corrected chi connectivity index (χ3v) is 5.23. The molecule has 1 fully saturated rings. The highest BCUT2D eigenvalue weighted by molar-refractivity contribution is 5.99. The predicted octanol–water partition coefficient (Wildman–Crippen LogP) is 3.02. The van der Waals surface area contributed by atoms with Crippen LogP contribution in [-0.2, 0) is 4.79 Å². The molecule has 27 heavy (non-hydrogen) atoms. The molecule has 0 radical (unpaired) electrons. The van der Waals surface area contributed by atoms with Crippen molar-refractivity contribution in [1.29, 1.82) is 0 Å². The molecule has 8 nitrogen and oxygen atoms in total. The van der Waals surface area contributed by atoms with E-state index in [1.54, 1.807) is 25.2 Å². The molecule has 0 aliphatic carbocycles. The number of hydrogen-bond donors (Lipinski definition) is 1. The topological polar surface area (TPSA) is 87.9 Å². The van der Waals surface area contributed by atoms with Crippen LogP contribution in [0.15, 0.2) is 22.7 Å². The smallest absolute Gasteiger partial charge is 0.322 e. The van der Waals surface area contributed by atoms with E-state index in [1.807, 2.05) is 18.7 Å². The molecule has 3 heterocycles. The van der Waals surface area contributed by atoms with E-state index in [0.717, 1.165) is 29.9 Å². The SMILES string of the molecule is Cc1noc(C)c1[C@H]1CCCN1C(=O)Nc1ccc2c(c1)N(C)C(=O)CO2. The molecule has 142 valence electrons. The molecule has 0 spiro atoms. The van der Waals surface area contributed by atoms with Gasteiger partial charge in [-0.05, 0) is 44.9 Å². The van der Waals surface area contributed by atoms with E-state index in [1.165, 1.54) is 4.90 Å². The molecule has 1 atom stereocenters. The van der Waals surface area contributed by atoms with Gasteiger partial charge in [0.2, 0.25) is 0 Å². The number of carbonyl (C=O) groups is 2. The van der Waals surface area contributed by atoms with Crippen LogP contribution in [0.3, 0.4) is 0 Å². The van der Waals surface area contributed by atoms with Crippen molar-refractivity contribution in [3.63, 3.8) is 0 Å². The van der Waals surface area contributed by atoms with Crippen LogP contribution in [0, 0.1) is 13.8 Å². The van der Waals surface area contributed by atoms with E-state index in [0.29, 0.717) is 23.7 Å². The Morgan fingerprint density at radius 1 is 1.33 bits per heavy atom. The predicted molar refractivity (Wildman–Crippen MR) is 99.0 cm³/mol. The zero-order valence-electron chi connectivity index (χ0n) is 15.6. The van der Waals surface area contributed by atoms with Crippen LogP contribution in [-0.4, -0.2) is 42.2 Å². The summed E-state index contributed by atoms with van der Waals surface area (Å²) in [7, 11) is 1.70. The van der Waals surface area contributed by atoms with Crippen molar-refractivity contribution in [1.82, 2.24) is 10.1 Å². The number of aryl methyl sites for hydroxylation is 2. The summed E-state index contributed by atoms with van der Waals surface area (Å²) in [6, 6.07) is 5.08. The number of carbonyl (C=O) groups excluding carboxylic acids is 2. The summed E-state index contributed by atoms with van der Waals surface area (Å²) in [5.74, 6) is 1.26. The van der Waals surface area contributed by atoms with Gasteiger partial charge in [0.05, 0.1) is 17.4 Å². The number of likely N-dealkylation sites (tertiary alicyclic amines) is 1. The Kier molecular flexibility index (Phi) is 4.25. The van der Waals surface area contributed by atoms with Gasteiger partial charge in [0, 0.05) is 24.8 Å². The van der Waals surface area contributed by atoms with Gasteiger partial charge in [0.25, 0.3) is 5.91 Å². The molecule has 4 rings (SSSR count). The summed E-state index contributed by atoms with van der Waals surface area (Å²) < 4.78 is 10.7. The van der Waals surface area contributed by atoms with Gasteiger partial charge in [-0.2, -0.15) is 0 Å². The number of anilines is 2. The summed E-state index contributed by atoms with van der Waals surface area (Å²) >= 11 is 0. The summed E-state index contributed by atoms with van der Waals surface area (Å²) in [5, 5.41) is 6.96. The summed E-state index contributed by atoms with van der Waals surface area (Å²) in [5.41, 5.74) is 3.08. The Bertz CT molecular complexity index is 888. The molecule has 2 aromatic rings. The fourth-order valence-electron chi connectivity index (χ4n) is 3.82. The van der Waals surface area contributed by atoms with Crippen molar-refractivity contribution in [3.8, 4) is 5.75 Å². The quantitative estimate of drug-likeness (QED) is 0.878. The van der Waals surface area contributed by atoms with Crippen LogP contribution in [0.5, 0.6) is 5.75 Å². The molecule has 2 aliphatic heterocycles. The van der Waals surface area contributed by atoms with Gasteiger partial charge >= 0.3 is 6.03 Å². The number of likely N-dealkylation sites (N-methyl/N-ethyl adjacent to an activating group) is 1. The van der Waals surface area contributed by atoms with Crippen LogP contribution in [0.1, 0.15) is 35.9 Å². The maximum Gasteiger partial charge on any atom is 0.322 e. The van der Waals surface area contributed by atoms with Gasteiger partial charge in [-0.25, -0.2) is 4.79 Å². The number of fused-ring (bicyclic) bond motifs is 1. The third-order valence-electron chi connectivity index (χ3n) is 5.23. The third kappa shape index (κ3) is 3.01. The molecule has 0 bridgehead atoms. The number of urea groups is 1. The number of nitrogens with zero attached hydrogens (tertiary/aromatic N) is 3. The summed E-state index contributed by atoms with van der Waals surface area (Å²) in [6.45, 7) is 4.48. The van der Waals surface area contributed by atoms with Crippen molar-refractivity contribution in [2.45, 2.75) is 32.7 Å². The lowest BCUT2D eigenvalue weighted by Crippen LogP contribution is -2.36. The first-order valence-electron chi connectivity index (χ1n) is 8.99. The van der Waals surface area contributed by atoms with E-state index >= 15 is 0 Å². The Balaban J connectivity index is 1.55. The minimum absolute atomic E-state index is 0.0299. The molecule has 2 aliphatic rings. The lowest BCUT2D eigenvalue weighted by molar-refractivity contribution is -0.120. The number of ether oxygens (including phenoxy) is 1. The molecule has 3 amide bonds. The standard InChI is InChI=1S/C19H22N4O4/c1-11-18(12(2)27-21-11)14-5-4-8-23(14)19(25)20-13-6-7-16-15(9-13)22(3)17(24)10-26-16/h6-7,9,14H,4-5,8,10H2,1-3H3,(H,20,25)/t14-/m1/s1. The monoisotopic (exact) mass is 370 g/mol. The lowest BCUT2D eigenvalue weighted by Gasteiger charge is -2.27. The van der Waals surface area contributed by atoms with Crippen molar-refractivity contribution in [2.75, 3.05) is 30.4 Å². The van der Waals surface area contributed by atoms with Crippen LogP contribution in [0.2, 0.25) is 0 Å². The van der Waals surface area contributed by atoms with E-state index < -0.39 is 0 Å². The Hall–Kier alpha value is -3.03. The van der Waals surface area contributed by atoms with Crippen molar-refractivity contribution in [3.05, 3.63) is 35.2 Å². The van der Waals surface area contributed by atoms with Gasteiger partial charge in [-0.15, -0.1) is 0 Å². The first-order chi connectivity index (χ1) is 13.0. The maximum atomic E-state index is 12.9. The number of rotatable bonds is 2. The van der Waals surface area contributed by atoms with Crippen LogP contribution >= 0.6 is 0 Å². The number of hydrogen-bond acceptors (Lipinski definition) is 5. The first kappa shape index (κ1) is 17.4. The average molecular weight is 370 g/mol. The molecule has 8 heteroatoms. The average Bonchev–Trinajstić information content (AvgIpc) is 3.25. The Morgan fingerprint density at radius 2 is 2.15 bits per heavy atom. The fourth-order valence-corrected chi connectivity index (χ4v) is 3.82. The highest BCUT2D eigenvalue weighted by Crippen LogP contribution is 2.37. The van der Waals surface area contributed by atoms with Crippen molar-refractivity contribution < 1.29 is 18.8 Å². The summed E-state index contributed by atoms with van der Waals surface area (Å²) in [6.07, 6.45) is 1.81. The lowest BCUT2D eigenvalue weighted by atomic mass is 10.0. The second-order valence-corrected chi connectivity index (χ2v) is 6.94. The number of benzene rings is 1. The highest BCUT2D eigenvalue weighted by atomic mass is 16.5. The molecule has 1 saturated heterocycles. The van der Waals surface area contributed by atoms with Crippen LogP contribution < -0.4 is 15.0 Å². The minimum atomic E-state index is -0.178.